The second-order valence-corrected chi connectivity index (χ2v) is 4.81. The molecule has 0 aromatic carbocycles. The smallest absolute Gasteiger partial charge is 0.274 e. The molecular weight excluding hydrogens is 244 g/mol. The van der Waals surface area contributed by atoms with Gasteiger partial charge in [-0.25, -0.2) is 9.97 Å². The zero-order chi connectivity index (χ0) is 13.7. The number of amides is 1. The summed E-state index contributed by atoms with van der Waals surface area (Å²) in [6.07, 6.45) is 5.88. The minimum absolute atomic E-state index is 0.0715. The molecule has 0 saturated carbocycles. The molecule has 2 rings (SSSR count). The van der Waals surface area contributed by atoms with Crippen LogP contribution in [0, 0.1) is 5.92 Å². The third-order valence-corrected chi connectivity index (χ3v) is 3.47. The highest BCUT2D eigenvalue weighted by Crippen LogP contribution is 2.20. The summed E-state index contributed by atoms with van der Waals surface area (Å²) in [7, 11) is 1.76. The maximum absolute atomic E-state index is 12.3. The van der Waals surface area contributed by atoms with E-state index in [-0.39, 0.29) is 12.5 Å². The molecule has 1 fully saturated rings. The van der Waals surface area contributed by atoms with E-state index < -0.39 is 0 Å². The number of piperidine rings is 1. The molecule has 6 heteroatoms. The van der Waals surface area contributed by atoms with E-state index in [1.165, 1.54) is 6.20 Å². The molecule has 1 aromatic rings. The number of rotatable bonds is 4. The van der Waals surface area contributed by atoms with Gasteiger partial charge in [0.05, 0.1) is 12.4 Å². The van der Waals surface area contributed by atoms with E-state index in [0.717, 1.165) is 25.8 Å². The third kappa shape index (κ3) is 3.41. The highest BCUT2D eigenvalue weighted by molar-refractivity contribution is 5.92. The Labute approximate surface area is 112 Å². The van der Waals surface area contributed by atoms with Gasteiger partial charge in [0.25, 0.3) is 5.91 Å². The van der Waals surface area contributed by atoms with E-state index in [0.29, 0.717) is 24.0 Å². The van der Waals surface area contributed by atoms with E-state index >= 15 is 0 Å². The van der Waals surface area contributed by atoms with E-state index in [2.05, 4.69) is 15.3 Å². The predicted octanol–water partition coefficient (Wildman–Crippen LogP) is 0.753. The van der Waals surface area contributed by atoms with Crippen LogP contribution in [0.4, 0.5) is 5.82 Å². The average Bonchev–Trinajstić information content (AvgIpc) is 2.47. The zero-order valence-electron chi connectivity index (χ0n) is 11.2. The standard InChI is InChI=1S/C13H20N4O2/c1-14-12-8-15-11(7-16-12)13(19)17-5-2-3-10(9-17)4-6-18/h7-8,10,18H,2-6,9H2,1H3,(H,14,16). The number of hydrogen-bond acceptors (Lipinski definition) is 5. The van der Waals surface area contributed by atoms with Crippen LogP contribution in [-0.2, 0) is 0 Å². The van der Waals surface area contributed by atoms with Crippen LogP contribution in [0.5, 0.6) is 0 Å². The minimum atomic E-state index is -0.0715. The Balaban J connectivity index is 2.01. The van der Waals surface area contributed by atoms with Crippen LogP contribution < -0.4 is 5.32 Å². The lowest BCUT2D eigenvalue weighted by atomic mass is 9.95. The second kappa shape index (κ2) is 6.47. The Hall–Kier alpha value is -1.69. The number of nitrogens with one attached hydrogen (secondary N) is 1. The molecule has 2 N–H and O–H groups in total. The molecule has 1 aliphatic heterocycles. The van der Waals surface area contributed by atoms with Crippen LogP contribution in [0.1, 0.15) is 29.8 Å². The van der Waals surface area contributed by atoms with Crippen LogP contribution in [0.25, 0.3) is 0 Å². The Morgan fingerprint density at radius 3 is 3.00 bits per heavy atom. The molecule has 0 spiro atoms. The van der Waals surface area contributed by atoms with Crippen molar-refractivity contribution in [1.29, 1.82) is 0 Å². The normalized spacial score (nSPS) is 19.3. The molecule has 104 valence electrons. The lowest BCUT2D eigenvalue weighted by Gasteiger charge is -2.32. The number of carbonyl (C=O) groups is 1. The molecule has 1 saturated heterocycles. The Kier molecular flexibility index (Phi) is 4.68. The summed E-state index contributed by atoms with van der Waals surface area (Å²) in [5, 5.41) is 11.9. The van der Waals surface area contributed by atoms with Crippen molar-refractivity contribution in [3.8, 4) is 0 Å². The van der Waals surface area contributed by atoms with Crippen molar-refractivity contribution in [3.63, 3.8) is 0 Å². The minimum Gasteiger partial charge on any atom is -0.396 e. The molecule has 1 unspecified atom stereocenters. The summed E-state index contributed by atoms with van der Waals surface area (Å²) in [4.78, 5) is 22.3. The number of anilines is 1. The second-order valence-electron chi connectivity index (χ2n) is 4.81. The van der Waals surface area contributed by atoms with Crippen LogP contribution in [0.3, 0.4) is 0 Å². The number of hydrogen-bond donors (Lipinski definition) is 2. The SMILES string of the molecule is CNc1cnc(C(=O)N2CCCC(CCO)C2)cn1. The summed E-state index contributed by atoms with van der Waals surface area (Å²) in [6.45, 7) is 1.65. The van der Waals surface area contributed by atoms with Gasteiger partial charge in [-0.3, -0.25) is 4.79 Å². The maximum Gasteiger partial charge on any atom is 0.274 e. The molecule has 6 nitrogen and oxygen atoms in total. The largest absolute Gasteiger partial charge is 0.396 e. The number of aliphatic hydroxyl groups is 1. The van der Waals surface area contributed by atoms with Gasteiger partial charge < -0.3 is 15.3 Å². The van der Waals surface area contributed by atoms with Gasteiger partial charge in [-0.05, 0) is 25.2 Å². The van der Waals surface area contributed by atoms with Crippen LogP contribution in [-0.4, -0.2) is 52.6 Å². The lowest BCUT2D eigenvalue weighted by Crippen LogP contribution is -2.40. The van der Waals surface area contributed by atoms with Crippen LogP contribution >= 0.6 is 0 Å². The predicted molar refractivity (Wildman–Crippen MR) is 71.9 cm³/mol. The number of aliphatic hydroxyl groups excluding tert-OH is 1. The van der Waals surface area contributed by atoms with Gasteiger partial charge in [-0.1, -0.05) is 0 Å². The summed E-state index contributed by atoms with van der Waals surface area (Å²) in [5.74, 6) is 0.971. The molecule has 19 heavy (non-hydrogen) atoms. The molecule has 1 amide bonds. The average molecular weight is 264 g/mol. The topological polar surface area (TPSA) is 78.4 Å². The van der Waals surface area contributed by atoms with Gasteiger partial charge in [-0.15, -0.1) is 0 Å². The summed E-state index contributed by atoms with van der Waals surface area (Å²) < 4.78 is 0. The molecule has 1 atom stereocenters. The Morgan fingerprint density at radius 2 is 2.37 bits per heavy atom. The van der Waals surface area contributed by atoms with Crippen molar-refractivity contribution in [1.82, 2.24) is 14.9 Å². The first-order chi connectivity index (χ1) is 9.24. The fourth-order valence-electron chi connectivity index (χ4n) is 2.40. The monoisotopic (exact) mass is 264 g/mol. The molecular formula is C13H20N4O2. The molecule has 0 radical (unpaired) electrons. The van der Waals surface area contributed by atoms with Gasteiger partial charge >= 0.3 is 0 Å². The number of aromatic nitrogens is 2. The third-order valence-electron chi connectivity index (χ3n) is 3.47. The maximum atomic E-state index is 12.3. The van der Waals surface area contributed by atoms with Crippen molar-refractivity contribution in [2.24, 2.45) is 5.92 Å². The number of nitrogens with zero attached hydrogens (tertiary/aromatic N) is 3. The van der Waals surface area contributed by atoms with E-state index in [1.807, 2.05) is 4.90 Å². The fraction of sp³-hybridized carbons (Fsp3) is 0.615. The quantitative estimate of drug-likeness (QED) is 0.839. The number of likely N-dealkylation sites (tertiary alicyclic amines) is 1. The van der Waals surface area contributed by atoms with Crippen molar-refractivity contribution < 1.29 is 9.90 Å². The van der Waals surface area contributed by atoms with Gasteiger partial charge in [0.1, 0.15) is 11.5 Å². The van der Waals surface area contributed by atoms with Gasteiger partial charge in [0.15, 0.2) is 0 Å². The Bertz CT molecular complexity index is 419. The van der Waals surface area contributed by atoms with Crippen LogP contribution in [0.15, 0.2) is 12.4 Å². The first-order valence-electron chi connectivity index (χ1n) is 6.64. The number of carbonyl (C=O) groups excluding carboxylic acids is 1. The van der Waals surface area contributed by atoms with Crippen molar-refractivity contribution in [2.45, 2.75) is 19.3 Å². The summed E-state index contributed by atoms with van der Waals surface area (Å²) in [5.41, 5.74) is 0.378. The van der Waals surface area contributed by atoms with Crippen LogP contribution in [0.2, 0.25) is 0 Å². The highest BCUT2D eigenvalue weighted by atomic mass is 16.3. The highest BCUT2D eigenvalue weighted by Gasteiger charge is 2.24. The first kappa shape index (κ1) is 13.7. The summed E-state index contributed by atoms with van der Waals surface area (Å²) in [6, 6.07) is 0. The van der Waals surface area contributed by atoms with Gasteiger partial charge in [-0.2, -0.15) is 0 Å². The lowest BCUT2D eigenvalue weighted by molar-refractivity contribution is 0.0647. The molecule has 2 heterocycles. The molecule has 0 bridgehead atoms. The fourth-order valence-corrected chi connectivity index (χ4v) is 2.40. The molecule has 1 aromatic heterocycles. The van der Waals surface area contributed by atoms with E-state index in [1.54, 1.807) is 13.2 Å². The van der Waals surface area contributed by atoms with Gasteiger partial charge in [0.2, 0.25) is 0 Å². The zero-order valence-corrected chi connectivity index (χ0v) is 11.2. The summed E-state index contributed by atoms with van der Waals surface area (Å²) >= 11 is 0. The van der Waals surface area contributed by atoms with Crippen molar-refractivity contribution >= 4 is 11.7 Å². The Morgan fingerprint density at radius 1 is 1.53 bits per heavy atom. The van der Waals surface area contributed by atoms with E-state index in [4.69, 9.17) is 5.11 Å². The van der Waals surface area contributed by atoms with E-state index in [9.17, 15) is 4.79 Å². The van der Waals surface area contributed by atoms with Gasteiger partial charge in [0, 0.05) is 26.7 Å². The first-order valence-corrected chi connectivity index (χ1v) is 6.64. The van der Waals surface area contributed by atoms with Crippen molar-refractivity contribution in [2.75, 3.05) is 32.1 Å². The van der Waals surface area contributed by atoms with Crippen molar-refractivity contribution in [3.05, 3.63) is 18.1 Å². The molecule has 1 aliphatic rings. The molecule has 0 aliphatic carbocycles.